The van der Waals surface area contributed by atoms with E-state index in [2.05, 4.69) is 73.9 Å². The number of benzene rings is 3. The first-order valence-corrected chi connectivity index (χ1v) is 43.5. The fourth-order valence-electron chi connectivity index (χ4n) is 15.7. The Kier molecular flexibility index (Phi) is 40.1. The van der Waals surface area contributed by atoms with E-state index in [9.17, 15) is 108 Å². The van der Waals surface area contributed by atoms with Crippen LogP contribution in [0.5, 0.6) is 5.75 Å². The average molecular weight is 1750 g/mol. The number of nitrogens with one attached hydrogen (secondary N) is 10. The second-order valence-electron chi connectivity index (χ2n) is 32.5. The highest BCUT2D eigenvalue weighted by molar-refractivity contribution is 7.98. The van der Waals surface area contributed by atoms with Gasteiger partial charge in [0.05, 0.1) is 36.5 Å². The Balaban J connectivity index is 1.14. The summed E-state index contributed by atoms with van der Waals surface area (Å²) in [5.41, 5.74) is 5.76. The number of fused-ring (bicyclic) bond motifs is 2. The molecule has 4 aliphatic rings. The van der Waals surface area contributed by atoms with Gasteiger partial charge in [0, 0.05) is 51.4 Å². The zero-order valence-corrected chi connectivity index (χ0v) is 71.2. The van der Waals surface area contributed by atoms with Crippen molar-refractivity contribution in [2.75, 3.05) is 37.0 Å². The van der Waals surface area contributed by atoms with Crippen molar-refractivity contribution in [1.82, 2.24) is 62.6 Å². The Morgan fingerprint density at radius 1 is 0.659 bits per heavy atom. The molecule has 0 spiro atoms. The van der Waals surface area contributed by atoms with Crippen molar-refractivity contribution in [2.45, 2.75) is 285 Å². The number of amides is 14. The minimum Gasteiger partial charge on any atom is -0.506 e. The number of primary amides is 1. The Bertz CT molecular complexity index is 4050. The first-order valence-electron chi connectivity index (χ1n) is 42.1. The van der Waals surface area contributed by atoms with Crippen molar-refractivity contribution in [3.8, 4) is 5.75 Å². The lowest BCUT2D eigenvalue weighted by Gasteiger charge is -2.34. The highest BCUT2D eigenvalue weighted by Crippen LogP contribution is 2.32. The highest BCUT2D eigenvalue weighted by Gasteiger charge is 2.50. The molecule has 4 aliphatic heterocycles. The molecule has 7 rings (SSSR count). The largest absolute Gasteiger partial charge is 0.506 e. The van der Waals surface area contributed by atoms with Gasteiger partial charge in [0.15, 0.2) is 6.23 Å². The van der Waals surface area contributed by atoms with Crippen molar-refractivity contribution < 1.29 is 118 Å². The smallest absolute Gasteiger partial charge is 0.408 e. The second kappa shape index (κ2) is 49.4. The van der Waals surface area contributed by atoms with E-state index in [4.69, 9.17) is 10.5 Å². The Morgan fingerprint density at radius 2 is 1.30 bits per heavy atom. The lowest BCUT2D eigenvalue weighted by Crippen LogP contribution is -2.64. The molecule has 21 N–H and O–H groups in total. The summed E-state index contributed by atoms with van der Waals surface area (Å²) < 4.78 is 5.46. The number of aliphatic hydroxyl groups excluding tert-OH is 8. The second-order valence-corrected chi connectivity index (χ2v) is 33.5. The van der Waals surface area contributed by atoms with Crippen LogP contribution in [0, 0.1) is 11.8 Å². The summed E-state index contributed by atoms with van der Waals surface area (Å²) in [4.78, 5) is 199. The van der Waals surface area contributed by atoms with Crippen LogP contribution in [0.15, 0.2) is 78.9 Å². The number of hydrogen-bond donors (Lipinski definition) is 20. The van der Waals surface area contributed by atoms with E-state index in [1.165, 1.54) is 16.7 Å². The molecular weight excluding hydrogens is 1620 g/mol. The average Bonchev–Trinajstić information content (AvgIpc) is 1.67. The van der Waals surface area contributed by atoms with E-state index in [-0.39, 0.29) is 51.7 Å². The minimum absolute atomic E-state index is 0.0418. The van der Waals surface area contributed by atoms with Gasteiger partial charge in [-0.3, -0.25) is 62.3 Å². The molecule has 4 saturated heterocycles. The zero-order chi connectivity index (χ0) is 90.3. The number of aliphatic hydroxyl groups is 8. The molecule has 39 heteroatoms. The number of anilines is 1. The number of carbonyl (C=O) groups is 14. The van der Waals surface area contributed by atoms with Gasteiger partial charge in [-0.05, 0) is 118 Å². The monoisotopic (exact) mass is 1740 g/mol. The van der Waals surface area contributed by atoms with Crippen molar-refractivity contribution in [3.63, 3.8) is 0 Å². The molecule has 21 atom stereocenters. The molecule has 0 aromatic heterocycles. The number of nitrogens with two attached hydrogens (primary N) is 1. The van der Waals surface area contributed by atoms with Crippen LogP contribution in [-0.4, -0.2) is 285 Å². The molecule has 1 unspecified atom stereocenters. The van der Waals surface area contributed by atoms with Crippen molar-refractivity contribution in [2.24, 2.45) is 17.6 Å². The fourth-order valence-corrected chi connectivity index (χ4v) is 16.2. The van der Waals surface area contributed by atoms with Crippen LogP contribution in [0.1, 0.15) is 179 Å². The molecule has 0 saturated carbocycles. The molecule has 3 aromatic rings. The SMILES string of the molecule is CC[C@H](C)C[C@H](C)CCCCCCCCC(=O)N[C@H]1C[C@@H](O)[C@@H](O)NC(=O)[C@@H]2[C@@H](O)CCN2C(=O)[C@H]([C@H](O)CC(N)=O)NC(=O)[C@H]([C@H](O)[C@@H](O)c2ccc(O)c(NC(=O)[C@H](CCCCNC(=O)[C@H](Cc3ccccc3)N3C(=O)[C@@H](NC(=O)[C@H](CCSC)NC=O)CC3C)NC(=O)OCc3ccccc3)c2)NC(=O)[C@@H]2C[C@@H](O)CN2C(=O)[C@H]([C@@H](C)O)NC1=O. The predicted octanol–water partition coefficient (Wildman–Crippen LogP) is -1.24. The number of carbonyl (C=O) groups excluding carboxylic acids is 14. The number of hydrogen-bond acceptors (Lipinski definition) is 25. The normalized spacial score (nSPS) is 24.6. The van der Waals surface area contributed by atoms with Crippen LogP contribution in [-0.2, 0) is 80.1 Å². The van der Waals surface area contributed by atoms with Gasteiger partial charge in [0.1, 0.15) is 91.1 Å². The summed E-state index contributed by atoms with van der Waals surface area (Å²) in [5.74, 6) is -12.1. The van der Waals surface area contributed by atoms with Crippen molar-refractivity contribution >= 4 is 101 Å². The number of nitrogens with zero attached hydrogens (tertiary/aromatic N) is 3. The van der Waals surface area contributed by atoms with E-state index in [0.717, 1.165) is 70.1 Å². The Morgan fingerprint density at radius 3 is 1.96 bits per heavy atom. The van der Waals surface area contributed by atoms with Gasteiger partial charge in [-0.1, -0.05) is 132 Å². The van der Waals surface area contributed by atoms with Crippen LogP contribution in [0.2, 0.25) is 0 Å². The van der Waals surface area contributed by atoms with Gasteiger partial charge < -0.3 is 124 Å². The van der Waals surface area contributed by atoms with E-state index in [1.54, 1.807) is 67.6 Å². The van der Waals surface area contributed by atoms with E-state index in [0.29, 0.717) is 64.2 Å². The standard InChI is InChI=1S/C84H124N14O24S/c1-7-46(2)36-47(3)22-14-10-8-9-11-19-28-66(107)88-57-41-64(105)78(115)95-80(117)70-62(103)31-34-96(70)83(120)68(63(104)42-65(85)106)93-79(116)69(94-77(114)59-40-53(101)43-97(59)82(119)67(49(5)100)92-75(57)112)72(109)71(108)52-29-30-61(102)56(39-52)89-74(111)55(91-84(121)122-44-51-25-17-13-18-26-51)27-20-21-33-86-76(113)60(38-50-23-15-12-16-24-50)98-48(4)37-58(81(98)118)90-73(110)54(87-45-99)32-35-123-6/h12-13,15-18,23-26,29-30,39,45-49,53-55,57-60,62-64,67-72,78,100-105,108-109,115H,7-11,14,19-22,27-28,31-38,40-44H2,1-6H3,(H2,85,106)(H,86,113)(H,87,99)(H,88,107)(H,89,111)(H,90,110)(H,91,121)(H,92,112)(H,93,116)(H,94,114)(H,95,117)/t46-,47+,48?,49+,53+,54-,55-,57-,58-,59-,60-,62-,63+,64+,67-,68-,69-,70-,71-,72-,78+/m0/s1. The molecule has 123 heavy (non-hydrogen) atoms. The molecule has 4 fully saturated rings. The maximum absolute atomic E-state index is 15.1. The lowest BCUT2D eigenvalue weighted by molar-refractivity contribution is -0.149. The quantitative estimate of drug-likeness (QED) is 0.0180. The molecule has 38 nitrogen and oxygen atoms in total. The van der Waals surface area contributed by atoms with E-state index in [1.807, 2.05) is 6.26 Å². The van der Waals surface area contributed by atoms with E-state index < -0.39 is 248 Å². The van der Waals surface area contributed by atoms with E-state index >= 15 is 4.79 Å². The molecular formula is C84H124N14O24S. The summed E-state index contributed by atoms with van der Waals surface area (Å²) in [7, 11) is 0. The van der Waals surface area contributed by atoms with Gasteiger partial charge in [-0.2, -0.15) is 11.8 Å². The van der Waals surface area contributed by atoms with Crippen molar-refractivity contribution in [1.29, 1.82) is 0 Å². The number of ether oxygens (including phenoxy) is 1. The van der Waals surface area contributed by atoms with Crippen LogP contribution >= 0.6 is 11.8 Å². The first kappa shape index (κ1) is 100.0. The molecule has 0 aliphatic carbocycles. The number of rotatable bonds is 41. The molecule has 0 bridgehead atoms. The number of thioether (sulfide) groups is 1. The predicted molar refractivity (Wildman–Crippen MR) is 447 cm³/mol. The number of aromatic hydroxyl groups is 1. The Labute approximate surface area is 718 Å². The summed E-state index contributed by atoms with van der Waals surface area (Å²) in [6.07, 6.45) is -10.8. The van der Waals surface area contributed by atoms with Gasteiger partial charge >= 0.3 is 6.09 Å². The van der Waals surface area contributed by atoms with Crippen LogP contribution in [0.4, 0.5) is 10.5 Å². The van der Waals surface area contributed by atoms with Crippen LogP contribution in [0.25, 0.3) is 0 Å². The zero-order valence-electron chi connectivity index (χ0n) is 70.4. The Hall–Kier alpha value is -10.1. The number of unbranched alkanes of at least 4 members (excludes halogenated alkanes) is 6. The summed E-state index contributed by atoms with van der Waals surface area (Å²) in [6, 6.07) is 2.19. The number of phenolic OH excluding ortho intramolecular Hbond substituents is 1. The number of likely N-dealkylation sites (tertiary alicyclic amines) is 1. The maximum atomic E-state index is 15.1. The van der Waals surface area contributed by atoms with Crippen LogP contribution < -0.4 is 58.9 Å². The summed E-state index contributed by atoms with van der Waals surface area (Å²) >= 11 is 1.47. The maximum Gasteiger partial charge on any atom is 0.408 e. The molecule has 680 valence electrons. The van der Waals surface area contributed by atoms with Gasteiger partial charge in [-0.15, -0.1) is 0 Å². The molecule has 4 heterocycles. The number of phenols is 1. The van der Waals surface area contributed by atoms with Crippen molar-refractivity contribution in [3.05, 3.63) is 95.6 Å². The van der Waals surface area contributed by atoms with Gasteiger partial charge in [0.25, 0.3) is 0 Å². The summed E-state index contributed by atoms with van der Waals surface area (Å²) in [6.45, 7) is 7.89. The minimum atomic E-state index is -2.69. The molecule has 0 radical (unpaired) electrons. The molecule has 14 amide bonds. The lowest BCUT2D eigenvalue weighted by atomic mass is 9.91. The number of alkyl carbamates (subject to hydrolysis) is 1. The topological polar surface area (TPSA) is 586 Å². The molecule has 3 aromatic carbocycles. The highest BCUT2D eigenvalue weighted by atomic mass is 32.2. The summed E-state index contributed by atoms with van der Waals surface area (Å²) in [5, 5.41) is 129. The van der Waals surface area contributed by atoms with Gasteiger partial charge in [0.2, 0.25) is 77.3 Å². The third-order valence-corrected chi connectivity index (χ3v) is 23.4. The third-order valence-electron chi connectivity index (χ3n) is 22.8. The fraction of sp³-hybridized carbons (Fsp3) is 0.619. The third kappa shape index (κ3) is 29.8. The van der Waals surface area contributed by atoms with Crippen LogP contribution in [0.3, 0.4) is 0 Å². The van der Waals surface area contributed by atoms with Gasteiger partial charge in [-0.25, -0.2) is 4.79 Å². The first-order chi connectivity index (χ1) is 58.5.